The van der Waals surface area contributed by atoms with Crippen LogP contribution in [0.1, 0.15) is 33.3 Å². The molecule has 0 radical (unpaired) electrons. The van der Waals surface area contributed by atoms with Crippen molar-refractivity contribution in [3.8, 4) is 0 Å². The van der Waals surface area contributed by atoms with E-state index in [4.69, 9.17) is 9.31 Å². The van der Waals surface area contributed by atoms with E-state index in [9.17, 15) is 28.1 Å². The number of nitrogens with one attached hydrogen (secondary N) is 2. The number of carbonyl (C=O) groups excluding carboxylic acids is 1. The van der Waals surface area contributed by atoms with E-state index in [2.05, 4.69) is 10.6 Å². The Balaban J connectivity index is 1.68. The molecule has 0 atom stereocenters. The number of amides is 2. The number of nitrogens with zero attached hydrogens (tertiary/aromatic N) is 1. The molecule has 0 unspecified atom stereocenters. The minimum atomic E-state index is -4.94. The van der Waals surface area contributed by atoms with Gasteiger partial charge >= 0.3 is 19.3 Å². The largest absolute Gasteiger partial charge is 0.494 e. The lowest BCUT2D eigenvalue weighted by atomic mass is 9.79. The summed E-state index contributed by atoms with van der Waals surface area (Å²) in [4.78, 5) is 21.9. The van der Waals surface area contributed by atoms with E-state index >= 15 is 0 Å². The van der Waals surface area contributed by atoms with E-state index in [1.807, 2.05) is 27.7 Å². The summed E-state index contributed by atoms with van der Waals surface area (Å²) in [5, 5.41) is 15.6. The van der Waals surface area contributed by atoms with E-state index in [1.165, 1.54) is 0 Å². The van der Waals surface area contributed by atoms with Crippen molar-refractivity contribution >= 4 is 35.7 Å². The van der Waals surface area contributed by atoms with Crippen LogP contribution in [0.25, 0.3) is 0 Å². The zero-order valence-corrected chi connectivity index (χ0v) is 17.7. The molecule has 12 heteroatoms. The van der Waals surface area contributed by atoms with E-state index in [0.29, 0.717) is 17.8 Å². The molecule has 1 heterocycles. The third-order valence-electron chi connectivity index (χ3n) is 5.45. The quantitative estimate of drug-likeness (QED) is 0.403. The highest BCUT2D eigenvalue weighted by atomic mass is 19.4. The van der Waals surface area contributed by atoms with Crippen LogP contribution in [0.5, 0.6) is 0 Å². The van der Waals surface area contributed by atoms with Crippen LogP contribution in [0.2, 0.25) is 0 Å². The summed E-state index contributed by atoms with van der Waals surface area (Å²) in [5.74, 6) is 0. The molecule has 1 fully saturated rings. The molecule has 3 rings (SSSR count). The average molecular weight is 451 g/mol. The zero-order chi connectivity index (χ0) is 23.9. The van der Waals surface area contributed by atoms with E-state index in [-0.39, 0.29) is 5.69 Å². The van der Waals surface area contributed by atoms with Gasteiger partial charge in [-0.05, 0) is 57.4 Å². The monoisotopic (exact) mass is 451 g/mol. The summed E-state index contributed by atoms with van der Waals surface area (Å²) in [5.41, 5.74) is -2.69. The Morgan fingerprint density at radius 1 is 0.969 bits per heavy atom. The van der Waals surface area contributed by atoms with Crippen LogP contribution in [0.3, 0.4) is 0 Å². The number of anilines is 2. The number of nitro groups is 1. The van der Waals surface area contributed by atoms with Crippen LogP contribution in [0, 0.1) is 10.1 Å². The molecule has 2 aromatic carbocycles. The second kappa shape index (κ2) is 8.10. The third kappa shape index (κ3) is 4.86. The van der Waals surface area contributed by atoms with Gasteiger partial charge in [-0.25, -0.2) is 4.79 Å². The molecular weight excluding hydrogens is 430 g/mol. The maximum atomic E-state index is 13.1. The molecule has 0 bridgehead atoms. The van der Waals surface area contributed by atoms with Gasteiger partial charge in [0.1, 0.15) is 5.56 Å². The molecule has 170 valence electrons. The number of carbonyl (C=O) groups is 1. The fraction of sp³-hybridized carbons (Fsp3) is 0.350. The molecule has 2 amide bonds. The summed E-state index contributed by atoms with van der Waals surface area (Å²) in [6, 6.07) is 8.01. The van der Waals surface area contributed by atoms with Crippen molar-refractivity contribution in [2.24, 2.45) is 0 Å². The van der Waals surface area contributed by atoms with Gasteiger partial charge in [-0.3, -0.25) is 10.1 Å². The molecule has 1 aliphatic heterocycles. The topological polar surface area (TPSA) is 103 Å². The lowest BCUT2D eigenvalue weighted by Crippen LogP contribution is -2.41. The SMILES string of the molecule is CC1(C)OB(c2ccc(NC(=O)Nc3ccc([N+](=O)[O-])c(C(F)(F)F)c3)cc2)OC1(C)C. The molecule has 0 aromatic heterocycles. The van der Waals surface area contributed by atoms with Gasteiger partial charge in [-0.2, -0.15) is 13.2 Å². The summed E-state index contributed by atoms with van der Waals surface area (Å²) < 4.78 is 51.2. The van der Waals surface area contributed by atoms with Crippen molar-refractivity contribution in [2.45, 2.75) is 45.1 Å². The van der Waals surface area contributed by atoms with Gasteiger partial charge < -0.3 is 19.9 Å². The Kier molecular flexibility index (Phi) is 5.96. The first-order valence-electron chi connectivity index (χ1n) is 9.59. The van der Waals surface area contributed by atoms with Crippen LogP contribution in [0.15, 0.2) is 42.5 Å². The molecule has 2 aromatic rings. The number of hydrogen-bond acceptors (Lipinski definition) is 5. The fourth-order valence-corrected chi connectivity index (χ4v) is 3.00. The number of nitro benzene ring substituents is 1. The van der Waals surface area contributed by atoms with Crippen LogP contribution in [-0.4, -0.2) is 29.3 Å². The normalized spacial score (nSPS) is 17.2. The van der Waals surface area contributed by atoms with Crippen LogP contribution in [0.4, 0.5) is 35.0 Å². The van der Waals surface area contributed by atoms with Gasteiger partial charge in [-0.15, -0.1) is 0 Å². The smallest absolute Gasteiger partial charge is 0.399 e. The molecule has 2 N–H and O–H groups in total. The lowest BCUT2D eigenvalue weighted by Gasteiger charge is -2.32. The Morgan fingerprint density at radius 2 is 1.47 bits per heavy atom. The van der Waals surface area contributed by atoms with Gasteiger partial charge in [0.2, 0.25) is 0 Å². The van der Waals surface area contributed by atoms with Crippen molar-refractivity contribution in [1.29, 1.82) is 0 Å². The van der Waals surface area contributed by atoms with Crippen LogP contribution in [-0.2, 0) is 15.5 Å². The predicted octanol–water partition coefficient (Wildman–Crippen LogP) is 4.56. The summed E-state index contributed by atoms with van der Waals surface area (Å²) in [6.45, 7) is 7.70. The number of alkyl halides is 3. The molecule has 8 nitrogen and oxygen atoms in total. The van der Waals surface area contributed by atoms with Crippen LogP contribution < -0.4 is 16.1 Å². The molecule has 1 saturated heterocycles. The second-order valence-electron chi connectivity index (χ2n) is 8.28. The predicted molar refractivity (Wildman–Crippen MR) is 113 cm³/mol. The first-order valence-corrected chi connectivity index (χ1v) is 9.59. The van der Waals surface area contributed by atoms with Gasteiger partial charge in [0.05, 0.1) is 16.1 Å². The van der Waals surface area contributed by atoms with Crippen molar-refractivity contribution in [1.82, 2.24) is 0 Å². The van der Waals surface area contributed by atoms with Crippen molar-refractivity contribution in [2.75, 3.05) is 10.6 Å². The highest BCUT2D eigenvalue weighted by molar-refractivity contribution is 6.62. The van der Waals surface area contributed by atoms with Gasteiger partial charge in [0, 0.05) is 17.4 Å². The molecule has 32 heavy (non-hydrogen) atoms. The molecule has 0 spiro atoms. The molecule has 1 aliphatic rings. The zero-order valence-electron chi connectivity index (χ0n) is 17.7. The fourth-order valence-electron chi connectivity index (χ4n) is 3.00. The van der Waals surface area contributed by atoms with E-state index in [1.54, 1.807) is 24.3 Å². The number of hydrogen-bond donors (Lipinski definition) is 2. The van der Waals surface area contributed by atoms with Gasteiger partial charge in [0.15, 0.2) is 0 Å². The Bertz CT molecular complexity index is 1030. The highest BCUT2D eigenvalue weighted by Crippen LogP contribution is 2.38. The molecule has 0 aliphatic carbocycles. The number of halogens is 3. The number of benzene rings is 2. The first kappa shape index (κ1) is 23.5. The molecule has 0 saturated carbocycles. The summed E-state index contributed by atoms with van der Waals surface area (Å²) >= 11 is 0. The third-order valence-corrected chi connectivity index (χ3v) is 5.45. The average Bonchev–Trinajstić information content (AvgIpc) is 2.88. The Hall–Kier alpha value is -3.12. The lowest BCUT2D eigenvalue weighted by molar-refractivity contribution is -0.388. The summed E-state index contributed by atoms with van der Waals surface area (Å²) in [6.07, 6.45) is -4.94. The van der Waals surface area contributed by atoms with E-state index < -0.39 is 46.7 Å². The first-order chi connectivity index (χ1) is 14.7. The van der Waals surface area contributed by atoms with Gasteiger partial charge in [-0.1, -0.05) is 12.1 Å². The second-order valence-corrected chi connectivity index (χ2v) is 8.28. The Morgan fingerprint density at radius 3 is 1.97 bits per heavy atom. The Labute approximate surface area is 182 Å². The van der Waals surface area contributed by atoms with Gasteiger partial charge in [0.25, 0.3) is 5.69 Å². The maximum absolute atomic E-state index is 13.1. The van der Waals surface area contributed by atoms with Crippen molar-refractivity contribution in [3.05, 3.63) is 58.1 Å². The standard InChI is InChI=1S/C20H21BF3N3O5/c1-18(2)19(3,4)32-21(31-18)12-5-7-13(8-6-12)25-17(28)26-14-9-10-16(27(29)30)15(11-14)20(22,23)24/h5-11H,1-4H3,(H2,25,26,28). The number of rotatable bonds is 4. The minimum Gasteiger partial charge on any atom is -0.399 e. The number of urea groups is 1. The van der Waals surface area contributed by atoms with E-state index in [0.717, 1.165) is 11.5 Å². The highest BCUT2D eigenvalue weighted by Gasteiger charge is 2.51. The maximum Gasteiger partial charge on any atom is 0.494 e. The van der Waals surface area contributed by atoms with Crippen molar-refractivity contribution in [3.63, 3.8) is 0 Å². The summed E-state index contributed by atoms with van der Waals surface area (Å²) in [7, 11) is -0.580. The van der Waals surface area contributed by atoms with Crippen molar-refractivity contribution < 1.29 is 32.2 Å². The minimum absolute atomic E-state index is 0.241. The molecular formula is C20H21BF3N3O5. The van der Waals surface area contributed by atoms with Crippen LogP contribution >= 0.6 is 0 Å².